The van der Waals surface area contributed by atoms with Gasteiger partial charge in [0.15, 0.2) is 0 Å². The summed E-state index contributed by atoms with van der Waals surface area (Å²) < 4.78 is 0. The van der Waals surface area contributed by atoms with Gasteiger partial charge in [0.1, 0.15) is 0 Å². The summed E-state index contributed by atoms with van der Waals surface area (Å²) in [6.07, 6.45) is 16.8. The predicted molar refractivity (Wildman–Crippen MR) is 66.5 cm³/mol. The SMILES string of the molecule is CCCCC/C=C/C/C=C/CC(C)C. The van der Waals surface area contributed by atoms with Gasteiger partial charge in [-0.3, -0.25) is 0 Å². The Hall–Kier alpha value is -0.520. The van der Waals surface area contributed by atoms with Crippen molar-refractivity contribution in [2.45, 2.75) is 59.3 Å². The summed E-state index contributed by atoms with van der Waals surface area (Å²) in [6.45, 7) is 6.76. The summed E-state index contributed by atoms with van der Waals surface area (Å²) in [4.78, 5) is 0. The van der Waals surface area contributed by atoms with Gasteiger partial charge in [-0.25, -0.2) is 0 Å². The molecule has 0 unspecified atom stereocenters. The van der Waals surface area contributed by atoms with Crippen molar-refractivity contribution in [1.82, 2.24) is 0 Å². The molecule has 0 radical (unpaired) electrons. The lowest BCUT2D eigenvalue weighted by atomic mass is 10.1. The van der Waals surface area contributed by atoms with Crippen LogP contribution in [0.25, 0.3) is 0 Å². The first kappa shape index (κ1) is 13.5. The molecule has 0 atom stereocenters. The molecular weight excluding hydrogens is 168 g/mol. The molecule has 0 bridgehead atoms. The summed E-state index contributed by atoms with van der Waals surface area (Å²) >= 11 is 0. The Morgan fingerprint density at radius 2 is 1.64 bits per heavy atom. The van der Waals surface area contributed by atoms with E-state index in [2.05, 4.69) is 45.1 Å². The minimum absolute atomic E-state index is 0.791. The highest BCUT2D eigenvalue weighted by Crippen LogP contribution is 2.02. The lowest BCUT2D eigenvalue weighted by Gasteiger charge is -1.95. The predicted octanol–water partition coefficient (Wildman–Crippen LogP) is 5.12. The Morgan fingerprint density at radius 1 is 0.929 bits per heavy atom. The van der Waals surface area contributed by atoms with Crippen molar-refractivity contribution in [1.29, 1.82) is 0 Å². The Labute approximate surface area is 90.1 Å². The van der Waals surface area contributed by atoms with Crippen molar-refractivity contribution < 1.29 is 0 Å². The van der Waals surface area contributed by atoms with Crippen LogP contribution in [0.15, 0.2) is 24.3 Å². The van der Waals surface area contributed by atoms with E-state index in [4.69, 9.17) is 0 Å². The highest BCUT2D eigenvalue weighted by Gasteiger charge is 1.85. The van der Waals surface area contributed by atoms with E-state index in [9.17, 15) is 0 Å². The monoisotopic (exact) mass is 194 g/mol. The van der Waals surface area contributed by atoms with Crippen LogP contribution in [0, 0.1) is 5.92 Å². The second-order valence-electron chi connectivity index (χ2n) is 4.30. The minimum atomic E-state index is 0.791. The highest BCUT2D eigenvalue weighted by atomic mass is 13.9. The molecule has 0 heteroatoms. The molecule has 0 saturated carbocycles. The van der Waals surface area contributed by atoms with Crippen molar-refractivity contribution in [3.8, 4) is 0 Å². The van der Waals surface area contributed by atoms with E-state index in [1.807, 2.05) is 0 Å². The quantitative estimate of drug-likeness (QED) is 0.372. The van der Waals surface area contributed by atoms with Gasteiger partial charge in [0.05, 0.1) is 0 Å². The van der Waals surface area contributed by atoms with Gasteiger partial charge < -0.3 is 0 Å². The van der Waals surface area contributed by atoms with Crippen LogP contribution in [0.1, 0.15) is 59.3 Å². The fourth-order valence-corrected chi connectivity index (χ4v) is 1.27. The second-order valence-corrected chi connectivity index (χ2v) is 4.30. The molecule has 82 valence electrons. The van der Waals surface area contributed by atoms with Gasteiger partial charge in [-0.2, -0.15) is 0 Å². The maximum absolute atomic E-state index is 2.31. The van der Waals surface area contributed by atoms with E-state index in [0.29, 0.717) is 0 Å². The van der Waals surface area contributed by atoms with Gasteiger partial charge in [-0.05, 0) is 31.6 Å². The molecule has 0 aromatic rings. The topological polar surface area (TPSA) is 0 Å². The number of unbranched alkanes of at least 4 members (excludes halogenated alkanes) is 3. The summed E-state index contributed by atoms with van der Waals surface area (Å²) in [5.41, 5.74) is 0. The maximum Gasteiger partial charge on any atom is -0.0169 e. The molecule has 0 amide bonds. The summed E-state index contributed by atoms with van der Waals surface area (Å²) in [5, 5.41) is 0. The Balaban J connectivity index is 3.21. The van der Waals surface area contributed by atoms with Gasteiger partial charge in [0.25, 0.3) is 0 Å². The fraction of sp³-hybridized carbons (Fsp3) is 0.714. The lowest BCUT2D eigenvalue weighted by Crippen LogP contribution is -1.80. The molecule has 0 saturated heterocycles. The van der Waals surface area contributed by atoms with E-state index in [1.54, 1.807) is 0 Å². The summed E-state index contributed by atoms with van der Waals surface area (Å²) in [6, 6.07) is 0. The van der Waals surface area contributed by atoms with Crippen molar-refractivity contribution in [2.24, 2.45) is 5.92 Å². The first-order chi connectivity index (χ1) is 6.77. The van der Waals surface area contributed by atoms with E-state index in [1.165, 1.54) is 32.1 Å². The molecule has 0 N–H and O–H groups in total. The molecule has 0 aliphatic rings. The van der Waals surface area contributed by atoms with Crippen LogP contribution >= 0.6 is 0 Å². The largest absolute Gasteiger partial charge is 0.0882 e. The zero-order chi connectivity index (χ0) is 10.6. The molecule has 0 spiro atoms. The van der Waals surface area contributed by atoms with Crippen molar-refractivity contribution in [2.75, 3.05) is 0 Å². The summed E-state index contributed by atoms with van der Waals surface area (Å²) in [7, 11) is 0. The van der Waals surface area contributed by atoms with Crippen molar-refractivity contribution >= 4 is 0 Å². The van der Waals surface area contributed by atoms with Gasteiger partial charge in [-0.1, -0.05) is 57.9 Å². The Kier molecular flexibility index (Phi) is 10.2. The first-order valence-electron chi connectivity index (χ1n) is 6.07. The third-order valence-electron chi connectivity index (χ3n) is 2.19. The molecule has 14 heavy (non-hydrogen) atoms. The molecule has 0 rings (SSSR count). The average Bonchev–Trinajstić information content (AvgIpc) is 2.15. The first-order valence-corrected chi connectivity index (χ1v) is 6.07. The van der Waals surface area contributed by atoms with Crippen LogP contribution in [0.3, 0.4) is 0 Å². The zero-order valence-corrected chi connectivity index (χ0v) is 10.1. The molecule has 0 fully saturated rings. The van der Waals surface area contributed by atoms with Crippen molar-refractivity contribution in [3.05, 3.63) is 24.3 Å². The van der Waals surface area contributed by atoms with Crippen LogP contribution in [0.5, 0.6) is 0 Å². The fourth-order valence-electron chi connectivity index (χ4n) is 1.27. The van der Waals surface area contributed by atoms with Crippen LogP contribution in [-0.4, -0.2) is 0 Å². The van der Waals surface area contributed by atoms with Crippen LogP contribution in [-0.2, 0) is 0 Å². The van der Waals surface area contributed by atoms with E-state index in [-0.39, 0.29) is 0 Å². The Morgan fingerprint density at radius 3 is 2.29 bits per heavy atom. The highest BCUT2D eigenvalue weighted by molar-refractivity contribution is 4.92. The standard InChI is InChI=1S/C14H26/c1-4-5-6-7-8-9-10-11-12-13-14(2)3/h8-9,11-12,14H,4-7,10,13H2,1-3H3/b9-8+,12-11+. The lowest BCUT2D eigenvalue weighted by molar-refractivity contribution is 0.663. The van der Waals surface area contributed by atoms with Crippen LogP contribution in [0.2, 0.25) is 0 Å². The minimum Gasteiger partial charge on any atom is -0.0882 e. The molecule has 0 heterocycles. The van der Waals surface area contributed by atoms with Crippen molar-refractivity contribution in [3.63, 3.8) is 0 Å². The maximum atomic E-state index is 2.31. The molecule has 0 aliphatic carbocycles. The van der Waals surface area contributed by atoms with E-state index < -0.39 is 0 Å². The molecule has 0 aliphatic heterocycles. The van der Waals surface area contributed by atoms with Gasteiger partial charge >= 0.3 is 0 Å². The van der Waals surface area contributed by atoms with E-state index >= 15 is 0 Å². The normalized spacial score (nSPS) is 12.3. The van der Waals surface area contributed by atoms with Gasteiger partial charge in [-0.15, -0.1) is 0 Å². The number of rotatable bonds is 8. The third-order valence-corrected chi connectivity index (χ3v) is 2.19. The number of hydrogen-bond donors (Lipinski definition) is 0. The smallest absolute Gasteiger partial charge is 0.0169 e. The molecule has 0 aromatic carbocycles. The molecule has 0 nitrogen and oxygen atoms in total. The second kappa shape index (κ2) is 10.6. The third kappa shape index (κ3) is 11.5. The molecular formula is C14H26. The van der Waals surface area contributed by atoms with Crippen LogP contribution in [0.4, 0.5) is 0 Å². The average molecular weight is 194 g/mol. The van der Waals surface area contributed by atoms with E-state index in [0.717, 1.165) is 12.3 Å². The van der Waals surface area contributed by atoms with Gasteiger partial charge in [0, 0.05) is 0 Å². The number of allylic oxidation sites excluding steroid dienone is 4. The zero-order valence-electron chi connectivity index (χ0n) is 10.1. The number of hydrogen-bond acceptors (Lipinski definition) is 0. The van der Waals surface area contributed by atoms with Gasteiger partial charge in [0.2, 0.25) is 0 Å². The molecule has 0 aromatic heterocycles. The summed E-state index contributed by atoms with van der Waals surface area (Å²) in [5.74, 6) is 0.791. The van der Waals surface area contributed by atoms with Crippen LogP contribution < -0.4 is 0 Å². The Bertz CT molecular complexity index is 151.